The van der Waals surface area contributed by atoms with E-state index in [0.29, 0.717) is 13.1 Å². The molecule has 0 spiro atoms. The first-order chi connectivity index (χ1) is 15.6. The summed E-state index contributed by atoms with van der Waals surface area (Å²) in [5.74, 6) is -1.03. The first-order valence-electron chi connectivity index (χ1n) is 9.92. The van der Waals surface area contributed by atoms with E-state index in [2.05, 4.69) is 10.1 Å². The molecule has 0 atom stereocenters. The van der Waals surface area contributed by atoms with Gasteiger partial charge in [0.25, 0.3) is 5.89 Å². The summed E-state index contributed by atoms with van der Waals surface area (Å²) in [5, 5.41) is 3.62. The Hall–Kier alpha value is -3.25. The summed E-state index contributed by atoms with van der Waals surface area (Å²) in [6.45, 7) is 0.429. The fourth-order valence-corrected chi connectivity index (χ4v) is 4.90. The van der Waals surface area contributed by atoms with Crippen LogP contribution in [0.3, 0.4) is 0 Å². The molecule has 2 aromatic carbocycles. The third-order valence-corrected chi connectivity index (χ3v) is 6.91. The van der Waals surface area contributed by atoms with Crippen LogP contribution in [0.1, 0.15) is 34.7 Å². The third kappa shape index (κ3) is 5.06. The van der Waals surface area contributed by atoms with Gasteiger partial charge in [-0.2, -0.15) is 22.5 Å². The SMILES string of the molecule is O=C(OCc1nc(-c2cccc(C(F)(F)F)c2)no1)c1cccc(S(=O)(=O)N2CCCC2)c1. The van der Waals surface area contributed by atoms with Crippen LogP contribution in [-0.2, 0) is 27.5 Å². The van der Waals surface area contributed by atoms with Crippen molar-refractivity contribution >= 4 is 16.0 Å². The highest BCUT2D eigenvalue weighted by atomic mass is 32.2. The number of hydrogen-bond acceptors (Lipinski definition) is 7. The Bertz CT molecular complexity index is 1270. The first kappa shape index (κ1) is 22.9. The molecule has 1 aliphatic rings. The number of halogens is 3. The van der Waals surface area contributed by atoms with Crippen LogP contribution in [0.2, 0.25) is 0 Å². The minimum absolute atomic E-state index is 0.0107. The van der Waals surface area contributed by atoms with Gasteiger partial charge in [-0.05, 0) is 43.2 Å². The summed E-state index contributed by atoms with van der Waals surface area (Å²) in [6.07, 6.45) is -2.95. The van der Waals surface area contributed by atoms with Crippen molar-refractivity contribution in [3.05, 3.63) is 65.5 Å². The maximum Gasteiger partial charge on any atom is 0.416 e. The summed E-state index contributed by atoms with van der Waals surface area (Å²) in [7, 11) is -3.70. The molecule has 0 amide bonds. The van der Waals surface area contributed by atoms with E-state index in [4.69, 9.17) is 9.26 Å². The van der Waals surface area contributed by atoms with E-state index in [1.807, 2.05) is 0 Å². The van der Waals surface area contributed by atoms with E-state index in [1.165, 1.54) is 40.7 Å². The fourth-order valence-electron chi connectivity index (χ4n) is 3.34. The molecule has 0 N–H and O–H groups in total. The van der Waals surface area contributed by atoms with Crippen LogP contribution in [0.5, 0.6) is 0 Å². The number of rotatable bonds is 6. The maximum absolute atomic E-state index is 12.9. The van der Waals surface area contributed by atoms with Gasteiger partial charge in [0.15, 0.2) is 6.61 Å². The van der Waals surface area contributed by atoms with Crippen LogP contribution in [0.4, 0.5) is 13.2 Å². The molecule has 0 saturated carbocycles. The number of nitrogens with zero attached hydrogens (tertiary/aromatic N) is 3. The average molecular weight is 481 g/mol. The Labute approximate surface area is 187 Å². The number of ether oxygens (including phenoxy) is 1. The zero-order valence-corrected chi connectivity index (χ0v) is 17.9. The lowest BCUT2D eigenvalue weighted by molar-refractivity contribution is -0.137. The summed E-state index contributed by atoms with van der Waals surface area (Å²) >= 11 is 0. The van der Waals surface area contributed by atoms with Gasteiger partial charge in [0.2, 0.25) is 15.8 Å². The van der Waals surface area contributed by atoms with Crippen molar-refractivity contribution in [2.75, 3.05) is 13.1 Å². The second-order valence-corrected chi connectivity index (χ2v) is 9.24. The maximum atomic E-state index is 12.9. The predicted molar refractivity (Wildman–Crippen MR) is 108 cm³/mol. The van der Waals surface area contributed by atoms with E-state index in [9.17, 15) is 26.4 Å². The smallest absolute Gasteiger partial charge is 0.416 e. The molecule has 1 aliphatic heterocycles. The van der Waals surface area contributed by atoms with Gasteiger partial charge in [-0.1, -0.05) is 23.4 Å². The van der Waals surface area contributed by atoms with Gasteiger partial charge in [0, 0.05) is 18.7 Å². The number of aromatic nitrogens is 2. The van der Waals surface area contributed by atoms with Crippen molar-refractivity contribution in [2.24, 2.45) is 0 Å². The van der Waals surface area contributed by atoms with Crippen molar-refractivity contribution in [3.63, 3.8) is 0 Å². The van der Waals surface area contributed by atoms with Crippen molar-refractivity contribution < 1.29 is 35.6 Å². The number of hydrogen-bond donors (Lipinski definition) is 0. The van der Waals surface area contributed by atoms with Gasteiger partial charge in [-0.15, -0.1) is 0 Å². The van der Waals surface area contributed by atoms with E-state index in [-0.39, 0.29) is 27.7 Å². The van der Waals surface area contributed by atoms with E-state index < -0.39 is 34.3 Å². The van der Waals surface area contributed by atoms with Gasteiger partial charge >= 0.3 is 12.1 Å². The summed E-state index contributed by atoms with van der Waals surface area (Å²) in [5.41, 5.74) is -0.750. The van der Waals surface area contributed by atoms with E-state index in [1.54, 1.807) is 0 Å². The largest absolute Gasteiger partial charge is 0.452 e. The normalized spacial score (nSPS) is 15.0. The zero-order valence-electron chi connectivity index (χ0n) is 17.1. The lowest BCUT2D eigenvalue weighted by Crippen LogP contribution is -2.28. The molecular weight excluding hydrogens is 463 g/mol. The molecular formula is C21H18F3N3O5S. The molecule has 3 aromatic rings. The highest BCUT2D eigenvalue weighted by molar-refractivity contribution is 7.89. The standard InChI is InChI=1S/C21H18F3N3O5S/c22-21(23,24)16-7-3-5-14(11-16)19-25-18(32-26-19)13-31-20(28)15-6-4-8-17(12-15)33(29,30)27-9-1-2-10-27/h3-8,11-12H,1-2,9-10,13H2. The molecule has 33 heavy (non-hydrogen) atoms. The van der Waals surface area contributed by atoms with Crippen molar-refractivity contribution in [1.82, 2.24) is 14.4 Å². The molecule has 174 valence electrons. The minimum Gasteiger partial charge on any atom is -0.452 e. The van der Waals surface area contributed by atoms with Crippen molar-refractivity contribution in [2.45, 2.75) is 30.5 Å². The molecule has 0 aliphatic carbocycles. The predicted octanol–water partition coefficient (Wildman–Crippen LogP) is 3.90. The molecule has 1 fully saturated rings. The molecule has 4 rings (SSSR count). The molecule has 12 heteroatoms. The van der Waals surface area contributed by atoms with Crippen LogP contribution in [-0.4, -0.2) is 41.9 Å². The van der Waals surface area contributed by atoms with Gasteiger partial charge in [0.1, 0.15) is 0 Å². The molecule has 0 bridgehead atoms. The van der Waals surface area contributed by atoms with Gasteiger partial charge in [-0.3, -0.25) is 0 Å². The zero-order chi connectivity index (χ0) is 23.6. The lowest BCUT2D eigenvalue weighted by atomic mass is 10.1. The molecule has 0 radical (unpaired) electrons. The molecule has 1 saturated heterocycles. The number of benzene rings is 2. The van der Waals surface area contributed by atoms with Crippen LogP contribution in [0, 0.1) is 0 Å². The third-order valence-electron chi connectivity index (χ3n) is 5.02. The Balaban J connectivity index is 1.44. The summed E-state index contributed by atoms with van der Waals surface area (Å²) in [4.78, 5) is 16.3. The topological polar surface area (TPSA) is 103 Å². The minimum atomic E-state index is -4.52. The number of sulfonamides is 1. The van der Waals surface area contributed by atoms with E-state index in [0.717, 1.165) is 25.0 Å². The highest BCUT2D eigenvalue weighted by Crippen LogP contribution is 2.31. The quantitative estimate of drug-likeness (QED) is 0.492. The number of alkyl halides is 3. The number of carbonyl (C=O) groups is 1. The summed E-state index contributed by atoms with van der Waals surface area (Å²) in [6, 6.07) is 9.91. The highest BCUT2D eigenvalue weighted by Gasteiger charge is 2.31. The Kier molecular flexibility index (Phi) is 6.21. The molecule has 0 unspecified atom stereocenters. The first-order valence-corrected chi connectivity index (χ1v) is 11.4. The average Bonchev–Trinajstić information content (AvgIpc) is 3.50. The number of carbonyl (C=O) groups excluding carboxylic acids is 1. The molecule has 1 aromatic heterocycles. The van der Waals surface area contributed by atoms with Crippen molar-refractivity contribution in [3.8, 4) is 11.4 Å². The van der Waals surface area contributed by atoms with Crippen molar-refractivity contribution in [1.29, 1.82) is 0 Å². The monoisotopic (exact) mass is 481 g/mol. The van der Waals surface area contributed by atoms with Gasteiger partial charge in [-0.25, -0.2) is 13.2 Å². The van der Waals surface area contributed by atoms with Crippen LogP contribution in [0.25, 0.3) is 11.4 Å². The second kappa shape index (κ2) is 8.94. The Morgan fingerprint density at radius 3 is 2.55 bits per heavy atom. The summed E-state index contributed by atoms with van der Waals surface area (Å²) < 4.78 is 75.5. The van der Waals surface area contributed by atoms with Crippen LogP contribution < -0.4 is 0 Å². The second-order valence-electron chi connectivity index (χ2n) is 7.31. The Morgan fingerprint density at radius 2 is 1.82 bits per heavy atom. The Morgan fingerprint density at radius 1 is 1.09 bits per heavy atom. The van der Waals surface area contributed by atoms with Gasteiger partial charge < -0.3 is 9.26 Å². The van der Waals surface area contributed by atoms with E-state index >= 15 is 0 Å². The molecule has 2 heterocycles. The fraction of sp³-hybridized carbons (Fsp3) is 0.286. The van der Waals surface area contributed by atoms with Gasteiger partial charge in [0.05, 0.1) is 16.0 Å². The molecule has 8 nitrogen and oxygen atoms in total. The lowest BCUT2D eigenvalue weighted by Gasteiger charge is -2.15. The van der Waals surface area contributed by atoms with Crippen LogP contribution in [0.15, 0.2) is 57.9 Å². The van der Waals surface area contributed by atoms with Crippen LogP contribution >= 0.6 is 0 Å². The number of esters is 1.